The summed E-state index contributed by atoms with van der Waals surface area (Å²) < 4.78 is 0. The molecule has 0 fully saturated rings. The third-order valence-corrected chi connectivity index (χ3v) is 1.85. The molecule has 6 heteroatoms. The average molecular weight is 189 g/mol. The van der Waals surface area contributed by atoms with Gasteiger partial charge >= 0.3 is 5.00 Å². The number of nitro groups is 1. The summed E-state index contributed by atoms with van der Waals surface area (Å²) in [4.78, 5) is 13.3. The van der Waals surface area contributed by atoms with Crippen LogP contribution >= 0.6 is 11.3 Å². The van der Waals surface area contributed by atoms with Crippen molar-refractivity contribution in [2.75, 3.05) is 12.4 Å². The Morgan fingerprint density at radius 1 is 1.67 bits per heavy atom. The number of nitrogens with zero attached hydrogens (tertiary/aromatic N) is 2. The van der Waals surface area contributed by atoms with Crippen LogP contribution in [0, 0.1) is 10.1 Å². The first kappa shape index (κ1) is 10.8. The molecule has 0 saturated heterocycles. The number of hydrogen-bond donors (Lipinski definition) is 1. The van der Waals surface area contributed by atoms with E-state index in [9.17, 15) is 10.1 Å². The van der Waals surface area contributed by atoms with Crippen LogP contribution in [0.2, 0.25) is 0 Å². The highest BCUT2D eigenvalue weighted by atomic mass is 32.1. The highest BCUT2D eigenvalue weighted by molar-refractivity contribution is 7.18. The Labute approximate surface area is 74.6 Å². The molecule has 0 spiro atoms. The minimum Gasteiger partial charge on any atom is -0.364 e. The van der Waals surface area contributed by atoms with Crippen molar-refractivity contribution in [3.05, 3.63) is 16.3 Å². The summed E-state index contributed by atoms with van der Waals surface area (Å²) in [7, 11) is 1.67. The normalized spacial score (nSPS) is 8.25. The highest BCUT2D eigenvalue weighted by Gasteiger charge is 2.09. The fourth-order valence-electron chi connectivity index (χ4n) is 0.466. The molecule has 0 saturated carbocycles. The molecule has 0 radical (unpaired) electrons. The predicted molar refractivity (Wildman–Crippen MR) is 49.7 cm³/mol. The van der Waals surface area contributed by atoms with Gasteiger partial charge in [-0.25, -0.2) is 4.98 Å². The van der Waals surface area contributed by atoms with Crippen molar-refractivity contribution in [2.45, 2.75) is 13.8 Å². The Morgan fingerprint density at radius 2 is 2.25 bits per heavy atom. The van der Waals surface area contributed by atoms with Crippen LogP contribution in [0.5, 0.6) is 0 Å². The molecule has 0 amide bonds. The maximum Gasteiger partial charge on any atom is 0.345 e. The van der Waals surface area contributed by atoms with Gasteiger partial charge in [-0.05, 0) is 11.3 Å². The highest BCUT2D eigenvalue weighted by Crippen LogP contribution is 2.23. The molecule has 0 aromatic carbocycles. The first-order valence-corrected chi connectivity index (χ1v) is 4.33. The molecular weight excluding hydrogens is 178 g/mol. The molecule has 1 rings (SSSR count). The Kier molecular flexibility index (Phi) is 4.94. The van der Waals surface area contributed by atoms with Gasteiger partial charge in [0, 0.05) is 7.05 Å². The number of hydrogen-bond acceptors (Lipinski definition) is 5. The van der Waals surface area contributed by atoms with Crippen molar-refractivity contribution < 1.29 is 4.92 Å². The van der Waals surface area contributed by atoms with E-state index < -0.39 is 4.92 Å². The number of anilines is 1. The predicted octanol–water partition coefficient (Wildman–Crippen LogP) is 2.12. The van der Waals surface area contributed by atoms with Crippen molar-refractivity contribution in [3.8, 4) is 0 Å². The zero-order valence-electron chi connectivity index (χ0n) is 7.20. The van der Waals surface area contributed by atoms with Crippen LogP contribution in [0.1, 0.15) is 13.8 Å². The summed E-state index contributed by atoms with van der Waals surface area (Å²) in [6.07, 6.45) is 1.23. The second-order valence-electron chi connectivity index (χ2n) is 1.51. The van der Waals surface area contributed by atoms with Gasteiger partial charge in [-0.15, -0.1) is 0 Å². The van der Waals surface area contributed by atoms with Crippen LogP contribution in [-0.4, -0.2) is 17.0 Å². The quantitative estimate of drug-likeness (QED) is 0.571. The minimum absolute atomic E-state index is 0.0596. The zero-order chi connectivity index (χ0) is 9.56. The Hall–Kier alpha value is -1.17. The van der Waals surface area contributed by atoms with Gasteiger partial charge in [0.25, 0.3) is 0 Å². The van der Waals surface area contributed by atoms with E-state index in [1.807, 2.05) is 13.8 Å². The van der Waals surface area contributed by atoms with Gasteiger partial charge in [0.05, 0.1) is 4.92 Å². The lowest BCUT2D eigenvalue weighted by molar-refractivity contribution is -0.380. The monoisotopic (exact) mass is 189 g/mol. The smallest absolute Gasteiger partial charge is 0.345 e. The van der Waals surface area contributed by atoms with Gasteiger partial charge in [0.2, 0.25) is 0 Å². The van der Waals surface area contributed by atoms with E-state index in [1.54, 1.807) is 7.05 Å². The van der Waals surface area contributed by atoms with Crippen LogP contribution < -0.4 is 5.32 Å². The summed E-state index contributed by atoms with van der Waals surface area (Å²) in [6, 6.07) is 0. The fraction of sp³-hybridized carbons (Fsp3) is 0.500. The lowest BCUT2D eigenvalue weighted by Gasteiger charge is -1.84. The number of nitrogens with one attached hydrogen (secondary N) is 1. The molecule has 1 heterocycles. The second-order valence-corrected chi connectivity index (χ2v) is 2.52. The van der Waals surface area contributed by atoms with E-state index in [2.05, 4.69) is 10.3 Å². The van der Waals surface area contributed by atoms with Crippen LogP contribution in [-0.2, 0) is 0 Å². The Bertz CT molecular complexity index is 249. The van der Waals surface area contributed by atoms with Crippen LogP contribution in [0.3, 0.4) is 0 Å². The van der Waals surface area contributed by atoms with Crippen molar-refractivity contribution in [3.63, 3.8) is 0 Å². The third kappa shape index (κ3) is 2.83. The molecule has 0 aliphatic heterocycles. The molecule has 0 aliphatic carbocycles. The van der Waals surface area contributed by atoms with E-state index >= 15 is 0 Å². The first-order chi connectivity index (χ1) is 5.74. The van der Waals surface area contributed by atoms with Gasteiger partial charge in [-0.3, -0.25) is 10.1 Å². The molecular formula is C6H11N3O2S. The molecule has 0 unspecified atom stereocenters. The van der Waals surface area contributed by atoms with Crippen molar-refractivity contribution in [2.24, 2.45) is 0 Å². The van der Waals surface area contributed by atoms with Gasteiger partial charge < -0.3 is 5.32 Å². The van der Waals surface area contributed by atoms with Crippen molar-refractivity contribution >= 4 is 21.5 Å². The SMILES string of the molecule is CC.CNc1ncc([N+](=O)[O-])s1. The number of aromatic nitrogens is 1. The van der Waals surface area contributed by atoms with Crippen molar-refractivity contribution in [1.82, 2.24) is 4.98 Å². The molecule has 0 aliphatic rings. The maximum absolute atomic E-state index is 10.1. The summed E-state index contributed by atoms with van der Waals surface area (Å²) in [5.74, 6) is 0. The molecule has 0 bridgehead atoms. The third-order valence-electron chi connectivity index (χ3n) is 0.887. The van der Waals surface area contributed by atoms with E-state index in [-0.39, 0.29) is 5.00 Å². The molecule has 1 aromatic rings. The summed E-state index contributed by atoms with van der Waals surface area (Å²) in [5.41, 5.74) is 0. The summed E-state index contributed by atoms with van der Waals surface area (Å²) >= 11 is 1.02. The maximum atomic E-state index is 10.1. The molecule has 68 valence electrons. The lowest BCUT2D eigenvalue weighted by atomic mass is 10.9. The molecule has 0 atom stereocenters. The topological polar surface area (TPSA) is 68.1 Å². The molecule has 5 nitrogen and oxygen atoms in total. The molecule has 12 heavy (non-hydrogen) atoms. The summed E-state index contributed by atoms with van der Waals surface area (Å²) in [5, 5.41) is 13.4. The van der Waals surface area contributed by atoms with Crippen LogP contribution in [0.4, 0.5) is 10.1 Å². The van der Waals surface area contributed by atoms with Gasteiger partial charge in [0.1, 0.15) is 6.20 Å². The molecule has 1 N–H and O–H groups in total. The minimum atomic E-state index is -0.460. The van der Waals surface area contributed by atoms with Gasteiger partial charge in [-0.1, -0.05) is 13.8 Å². The average Bonchev–Trinajstić information content (AvgIpc) is 2.55. The standard InChI is InChI=1S/C4H5N3O2S.C2H6/c1-5-4-6-2-3(10-4)7(8)9;1-2/h2H,1H3,(H,5,6);1-2H3. The van der Waals surface area contributed by atoms with Crippen LogP contribution in [0.25, 0.3) is 0 Å². The van der Waals surface area contributed by atoms with E-state index in [0.29, 0.717) is 5.13 Å². The van der Waals surface area contributed by atoms with E-state index in [4.69, 9.17) is 0 Å². The number of rotatable bonds is 2. The lowest BCUT2D eigenvalue weighted by Crippen LogP contribution is -1.83. The number of thiazole rings is 1. The Morgan fingerprint density at radius 3 is 2.50 bits per heavy atom. The van der Waals surface area contributed by atoms with E-state index in [0.717, 1.165) is 11.3 Å². The largest absolute Gasteiger partial charge is 0.364 e. The van der Waals surface area contributed by atoms with Gasteiger partial charge in [0.15, 0.2) is 5.13 Å². The second kappa shape index (κ2) is 5.48. The summed E-state index contributed by atoms with van der Waals surface area (Å²) in [6.45, 7) is 4.00. The Balaban J connectivity index is 0.000000561. The van der Waals surface area contributed by atoms with Gasteiger partial charge in [-0.2, -0.15) is 0 Å². The van der Waals surface area contributed by atoms with Crippen molar-refractivity contribution in [1.29, 1.82) is 0 Å². The molecule has 1 aromatic heterocycles. The van der Waals surface area contributed by atoms with E-state index in [1.165, 1.54) is 6.20 Å². The van der Waals surface area contributed by atoms with Crippen LogP contribution in [0.15, 0.2) is 6.20 Å². The zero-order valence-corrected chi connectivity index (χ0v) is 8.01. The first-order valence-electron chi connectivity index (χ1n) is 3.52. The fourth-order valence-corrected chi connectivity index (χ4v) is 1.05.